The first-order valence-corrected chi connectivity index (χ1v) is 8.49. The van der Waals surface area contributed by atoms with Crippen LogP contribution in [0.1, 0.15) is 43.0 Å². The highest BCUT2D eigenvalue weighted by molar-refractivity contribution is 9.10. The number of amides is 1. The Kier molecular flexibility index (Phi) is 4.22. The quantitative estimate of drug-likeness (QED) is 0.876. The Morgan fingerprint density at radius 1 is 1.38 bits per heavy atom. The minimum atomic E-state index is -0.360. The highest BCUT2D eigenvalue weighted by Gasteiger charge is 2.36. The number of benzene rings is 1. The summed E-state index contributed by atoms with van der Waals surface area (Å²) in [6.45, 7) is 3.04. The summed E-state index contributed by atoms with van der Waals surface area (Å²) in [6, 6.07) is 7.59. The zero-order chi connectivity index (χ0) is 15.0. The van der Waals surface area contributed by atoms with E-state index in [2.05, 4.69) is 33.1 Å². The maximum absolute atomic E-state index is 11.8. The number of fused-ring (bicyclic) bond motifs is 2. The highest BCUT2D eigenvalue weighted by atomic mass is 79.9. The van der Waals surface area contributed by atoms with Gasteiger partial charge >= 0.3 is 0 Å². The maximum Gasteiger partial charge on any atom is 0.250 e. The maximum atomic E-state index is 11.8. The van der Waals surface area contributed by atoms with Crippen molar-refractivity contribution in [3.63, 3.8) is 0 Å². The fourth-order valence-electron chi connectivity index (χ4n) is 3.86. The number of anilines is 1. The van der Waals surface area contributed by atoms with Crippen LogP contribution in [0.2, 0.25) is 0 Å². The van der Waals surface area contributed by atoms with Crippen LogP contribution < -0.4 is 16.0 Å². The minimum absolute atomic E-state index is 0.360. The van der Waals surface area contributed by atoms with E-state index in [0.29, 0.717) is 23.7 Å². The van der Waals surface area contributed by atoms with Crippen molar-refractivity contribution in [2.45, 2.75) is 50.7 Å². The molecule has 5 heteroatoms. The SMILES string of the molecule is CCN(c1ccc(Br)cc1C(N)=O)C1CC2CCC(C1)N2. The summed E-state index contributed by atoms with van der Waals surface area (Å²) < 4.78 is 0.890. The monoisotopic (exact) mass is 351 g/mol. The molecule has 0 saturated carbocycles. The van der Waals surface area contributed by atoms with Crippen LogP contribution in [0.3, 0.4) is 0 Å². The Bertz CT molecular complexity index is 536. The third-order valence-corrected chi connectivity index (χ3v) is 5.26. The molecule has 2 heterocycles. The molecule has 0 spiro atoms. The van der Waals surface area contributed by atoms with Crippen molar-refractivity contribution in [2.75, 3.05) is 11.4 Å². The predicted molar refractivity (Wildman–Crippen MR) is 88.6 cm³/mol. The molecule has 21 heavy (non-hydrogen) atoms. The molecule has 2 aliphatic heterocycles. The van der Waals surface area contributed by atoms with Crippen molar-refractivity contribution < 1.29 is 4.79 Å². The van der Waals surface area contributed by atoms with E-state index in [4.69, 9.17) is 5.73 Å². The smallest absolute Gasteiger partial charge is 0.250 e. The van der Waals surface area contributed by atoms with Gasteiger partial charge in [0.15, 0.2) is 0 Å². The van der Waals surface area contributed by atoms with Crippen LogP contribution in [0, 0.1) is 0 Å². The molecule has 2 fully saturated rings. The molecule has 4 nitrogen and oxygen atoms in total. The molecule has 1 aromatic carbocycles. The molecule has 0 radical (unpaired) electrons. The lowest BCUT2D eigenvalue weighted by Gasteiger charge is -2.39. The number of rotatable bonds is 4. The summed E-state index contributed by atoms with van der Waals surface area (Å²) in [5.74, 6) is -0.360. The standard InChI is InChI=1S/C16H22BrN3O/c1-2-20(13-8-11-4-5-12(9-13)19-11)15-6-3-10(17)7-14(15)16(18)21/h3,6-7,11-13,19H,2,4-5,8-9H2,1H3,(H2,18,21). The summed E-state index contributed by atoms with van der Waals surface area (Å²) >= 11 is 3.42. The third kappa shape index (κ3) is 2.94. The number of nitrogens with two attached hydrogens (primary N) is 1. The molecule has 2 aliphatic rings. The van der Waals surface area contributed by atoms with Crippen LogP contribution in [0.15, 0.2) is 22.7 Å². The van der Waals surface area contributed by atoms with E-state index >= 15 is 0 Å². The molecule has 2 saturated heterocycles. The van der Waals surface area contributed by atoms with Gasteiger partial charge in [0.1, 0.15) is 0 Å². The third-order valence-electron chi connectivity index (χ3n) is 4.76. The predicted octanol–water partition coefficient (Wildman–Crippen LogP) is 2.66. The number of nitrogens with zero attached hydrogens (tertiary/aromatic N) is 1. The summed E-state index contributed by atoms with van der Waals surface area (Å²) in [5, 5.41) is 3.67. The second-order valence-corrected chi connectivity index (χ2v) is 6.99. The topological polar surface area (TPSA) is 58.4 Å². The lowest BCUT2D eigenvalue weighted by Crippen LogP contribution is -2.48. The molecule has 2 unspecified atom stereocenters. The van der Waals surface area contributed by atoms with Crippen molar-refractivity contribution in [3.05, 3.63) is 28.2 Å². The first-order valence-electron chi connectivity index (χ1n) is 7.70. The minimum Gasteiger partial charge on any atom is -0.368 e. The molecule has 0 aliphatic carbocycles. The second kappa shape index (κ2) is 5.97. The van der Waals surface area contributed by atoms with Crippen LogP contribution in [0.5, 0.6) is 0 Å². The molecule has 3 N–H and O–H groups in total. The molecular weight excluding hydrogens is 330 g/mol. The van der Waals surface area contributed by atoms with E-state index in [1.807, 2.05) is 18.2 Å². The van der Waals surface area contributed by atoms with Crippen LogP contribution in [-0.4, -0.2) is 30.6 Å². The van der Waals surface area contributed by atoms with Crippen molar-refractivity contribution >= 4 is 27.5 Å². The van der Waals surface area contributed by atoms with E-state index in [0.717, 1.165) is 29.5 Å². The summed E-state index contributed by atoms with van der Waals surface area (Å²) in [5.41, 5.74) is 7.15. The molecular formula is C16H22BrN3O. The number of hydrogen-bond donors (Lipinski definition) is 2. The van der Waals surface area contributed by atoms with Crippen molar-refractivity contribution in [2.24, 2.45) is 5.73 Å². The van der Waals surface area contributed by atoms with Crippen molar-refractivity contribution in [3.8, 4) is 0 Å². The molecule has 2 atom stereocenters. The van der Waals surface area contributed by atoms with Gasteiger partial charge in [-0.2, -0.15) is 0 Å². The lowest BCUT2D eigenvalue weighted by molar-refractivity contribution is 0.100. The Balaban J connectivity index is 1.91. The number of halogens is 1. The van der Waals surface area contributed by atoms with Crippen LogP contribution in [-0.2, 0) is 0 Å². The average molecular weight is 352 g/mol. The van der Waals surface area contributed by atoms with Crippen molar-refractivity contribution in [1.82, 2.24) is 5.32 Å². The first kappa shape index (κ1) is 14.9. The van der Waals surface area contributed by atoms with E-state index in [-0.39, 0.29) is 5.91 Å². The second-order valence-electron chi connectivity index (χ2n) is 6.07. The number of carbonyl (C=O) groups is 1. The van der Waals surface area contributed by atoms with Gasteiger partial charge in [-0.3, -0.25) is 4.79 Å². The number of primary amides is 1. The van der Waals surface area contributed by atoms with Crippen LogP contribution >= 0.6 is 15.9 Å². The van der Waals surface area contributed by atoms with Gasteiger partial charge in [-0.1, -0.05) is 15.9 Å². The molecule has 114 valence electrons. The summed E-state index contributed by atoms with van der Waals surface area (Å²) in [7, 11) is 0. The zero-order valence-electron chi connectivity index (χ0n) is 12.3. The van der Waals surface area contributed by atoms with Gasteiger partial charge in [-0.25, -0.2) is 0 Å². The molecule has 0 aromatic heterocycles. The Labute approximate surface area is 134 Å². The van der Waals surface area contributed by atoms with E-state index in [1.54, 1.807) is 0 Å². The molecule has 3 rings (SSSR count). The molecule has 2 bridgehead atoms. The van der Waals surface area contributed by atoms with E-state index in [1.165, 1.54) is 12.8 Å². The van der Waals surface area contributed by atoms with Crippen molar-refractivity contribution in [1.29, 1.82) is 0 Å². The van der Waals surface area contributed by atoms with Gasteiger partial charge in [-0.05, 0) is 50.8 Å². The van der Waals surface area contributed by atoms with Crippen LogP contribution in [0.25, 0.3) is 0 Å². The Morgan fingerprint density at radius 3 is 2.62 bits per heavy atom. The highest BCUT2D eigenvalue weighted by Crippen LogP contribution is 2.34. The van der Waals surface area contributed by atoms with E-state index < -0.39 is 0 Å². The largest absolute Gasteiger partial charge is 0.368 e. The number of hydrogen-bond acceptors (Lipinski definition) is 3. The van der Waals surface area contributed by atoms with Gasteiger partial charge in [0.2, 0.25) is 0 Å². The molecule has 1 aromatic rings. The van der Waals surface area contributed by atoms with Gasteiger partial charge in [0.25, 0.3) is 5.91 Å². The summed E-state index contributed by atoms with van der Waals surface area (Å²) in [4.78, 5) is 14.1. The lowest BCUT2D eigenvalue weighted by atomic mass is 9.96. The average Bonchev–Trinajstić information content (AvgIpc) is 2.80. The zero-order valence-corrected chi connectivity index (χ0v) is 13.9. The van der Waals surface area contributed by atoms with Gasteiger partial charge in [0.05, 0.1) is 5.56 Å². The Hall–Kier alpha value is -1.07. The van der Waals surface area contributed by atoms with Crippen LogP contribution in [0.4, 0.5) is 5.69 Å². The molecule has 1 amide bonds. The number of piperidine rings is 1. The number of nitrogens with one attached hydrogen (secondary N) is 1. The van der Waals surface area contributed by atoms with E-state index in [9.17, 15) is 4.79 Å². The number of carbonyl (C=O) groups excluding carboxylic acids is 1. The first-order chi connectivity index (χ1) is 10.1. The fraction of sp³-hybridized carbons (Fsp3) is 0.562. The van der Waals surface area contributed by atoms with Gasteiger partial charge in [-0.15, -0.1) is 0 Å². The van der Waals surface area contributed by atoms with Gasteiger partial charge in [0, 0.05) is 34.8 Å². The Morgan fingerprint density at radius 2 is 2.05 bits per heavy atom. The summed E-state index contributed by atoms with van der Waals surface area (Å²) in [6.07, 6.45) is 4.86. The van der Waals surface area contributed by atoms with Gasteiger partial charge < -0.3 is 16.0 Å². The fourth-order valence-corrected chi connectivity index (χ4v) is 4.22. The normalized spacial score (nSPS) is 27.6.